The summed E-state index contributed by atoms with van der Waals surface area (Å²) >= 11 is 2.57. The smallest absolute Gasteiger partial charge is 0.230 e. The summed E-state index contributed by atoms with van der Waals surface area (Å²) in [6.07, 6.45) is 3.47. The van der Waals surface area contributed by atoms with Crippen LogP contribution in [0.4, 0.5) is 4.39 Å². The number of nitrogens with one attached hydrogen (secondary N) is 1. The minimum atomic E-state index is -0.353. The Balaban J connectivity index is 1.39. The van der Waals surface area contributed by atoms with Crippen LogP contribution in [-0.4, -0.2) is 40.1 Å². The van der Waals surface area contributed by atoms with Crippen LogP contribution in [0.5, 0.6) is 5.75 Å². The number of aromatic nitrogens is 2. The molecular formula is C21H18FN3O3S2. The first kappa shape index (κ1) is 20.5. The molecule has 0 radical (unpaired) electrons. The van der Waals surface area contributed by atoms with Crippen LogP contribution in [0.25, 0.3) is 10.4 Å². The average Bonchev–Trinajstić information content (AvgIpc) is 3.38. The summed E-state index contributed by atoms with van der Waals surface area (Å²) in [4.78, 5) is 33.2. The van der Waals surface area contributed by atoms with E-state index in [0.717, 1.165) is 10.4 Å². The van der Waals surface area contributed by atoms with Crippen molar-refractivity contribution in [1.82, 2.24) is 15.3 Å². The van der Waals surface area contributed by atoms with Crippen molar-refractivity contribution in [1.29, 1.82) is 0 Å². The van der Waals surface area contributed by atoms with Gasteiger partial charge >= 0.3 is 0 Å². The number of hydrogen-bond acceptors (Lipinski definition) is 7. The monoisotopic (exact) mass is 443 g/mol. The van der Waals surface area contributed by atoms with Crippen LogP contribution in [0.15, 0.2) is 47.9 Å². The third kappa shape index (κ3) is 4.68. The van der Waals surface area contributed by atoms with Gasteiger partial charge in [-0.3, -0.25) is 9.59 Å². The van der Waals surface area contributed by atoms with E-state index < -0.39 is 0 Å². The molecule has 30 heavy (non-hydrogen) atoms. The van der Waals surface area contributed by atoms with Crippen molar-refractivity contribution in [3.8, 4) is 16.2 Å². The molecule has 0 spiro atoms. The predicted octanol–water partition coefficient (Wildman–Crippen LogP) is 3.76. The lowest BCUT2D eigenvalue weighted by molar-refractivity contribution is -0.118. The third-order valence-corrected chi connectivity index (χ3v) is 6.58. The minimum Gasteiger partial charge on any atom is -0.487 e. The largest absolute Gasteiger partial charge is 0.487 e. The fraction of sp³-hybridized carbons (Fsp3) is 0.238. The maximum atomic E-state index is 14.2. The van der Waals surface area contributed by atoms with Crippen LogP contribution >= 0.6 is 23.1 Å². The molecule has 3 heterocycles. The Labute approximate surface area is 180 Å². The lowest BCUT2D eigenvalue weighted by atomic mass is 10.0. The number of Topliss-reactive ketones (excluding diaryl/α,β-unsaturated/α-hetero) is 1. The van der Waals surface area contributed by atoms with Crippen molar-refractivity contribution < 1.29 is 18.7 Å². The number of carbonyl (C=O) groups excluding carboxylic acids is 2. The first-order valence-electron chi connectivity index (χ1n) is 9.26. The molecule has 0 bridgehead atoms. The van der Waals surface area contributed by atoms with Crippen LogP contribution in [0.2, 0.25) is 0 Å². The van der Waals surface area contributed by atoms with Crippen LogP contribution < -0.4 is 10.1 Å². The first-order valence-corrected chi connectivity index (χ1v) is 11.1. The van der Waals surface area contributed by atoms with Crippen molar-refractivity contribution in [3.05, 3.63) is 59.0 Å². The molecule has 0 aliphatic carbocycles. The molecule has 4 rings (SSSR count). The van der Waals surface area contributed by atoms with Crippen LogP contribution in [-0.2, 0) is 11.2 Å². The molecule has 1 aromatic carbocycles. The van der Waals surface area contributed by atoms with E-state index in [-0.39, 0.29) is 29.4 Å². The number of thioether (sulfide) groups is 1. The van der Waals surface area contributed by atoms with Crippen molar-refractivity contribution in [2.75, 3.05) is 12.3 Å². The molecule has 9 heteroatoms. The van der Waals surface area contributed by atoms with Gasteiger partial charge in [0.25, 0.3) is 0 Å². The van der Waals surface area contributed by atoms with Gasteiger partial charge < -0.3 is 10.1 Å². The zero-order chi connectivity index (χ0) is 21.1. The molecule has 0 fully saturated rings. The highest BCUT2D eigenvalue weighted by molar-refractivity contribution is 7.99. The summed E-state index contributed by atoms with van der Waals surface area (Å²) in [5.74, 6) is 0.281. The van der Waals surface area contributed by atoms with Crippen LogP contribution in [0.3, 0.4) is 0 Å². The lowest BCUT2D eigenvalue weighted by Crippen LogP contribution is -2.35. The van der Waals surface area contributed by atoms with Gasteiger partial charge in [0.15, 0.2) is 10.9 Å². The second kappa shape index (κ2) is 8.93. The van der Waals surface area contributed by atoms with Gasteiger partial charge in [0, 0.05) is 34.8 Å². The fourth-order valence-electron chi connectivity index (χ4n) is 3.13. The van der Waals surface area contributed by atoms with E-state index >= 15 is 0 Å². The van der Waals surface area contributed by atoms with Crippen molar-refractivity contribution in [2.24, 2.45) is 0 Å². The van der Waals surface area contributed by atoms with Crippen molar-refractivity contribution in [3.63, 3.8) is 0 Å². The number of fused-ring (bicyclic) bond motifs is 1. The molecule has 0 saturated heterocycles. The Morgan fingerprint density at radius 2 is 2.10 bits per heavy atom. The highest BCUT2D eigenvalue weighted by Gasteiger charge is 2.28. The molecule has 154 valence electrons. The van der Waals surface area contributed by atoms with Gasteiger partial charge in [-0.05, 0) is 37.3 Å². The molecule has 6 nitrogen and oxygen atoms in total. The summed E-state index contributed by atoms with van der Waals surface area (Å²) in [5.41, 5.74) is 1.39. The number of ether oxygens (including phenoxy) is 1. The molecule has 3 aromatic rings. The summed E-state index contributed by atoms with van der Waals surface area (Å²) in [5, 5.41) is 3.39. The van der Waals surface area contributed by atoms with Crippen molar-refractivity contribution >= 4 is 34.8 Å². The van der Waals surface area contributed by atoms with Gasteiger partial charge in [-0.2, -0.15) is 0 Å². The van der Waals surface area contributed by atoms with Gasteiger partial charge in [0.2, 0.25) is 5.91 Å². The van der Waals surface area contributed by atoms with Gasteiger partial charge in [0.1, 0.15) is 17.7 Å². The first-order chi connectivity index (χ1) is 14.5. The van der Waals surface area contributed by atoms with Gasteiger partial charge in [-0.15, -0.1) is 11.3 Å². The van der Waals surface area contributed by atoms with Crippen LogP contribution in [0.1, 0.15) is 22.2 Å². The topological polar surface area (TPSA) is 81.2 Å². The van der Waals surface area contributed by atoms with Crippen LogP contribution in [0, 0.1) is 5.82 Å². The minimum absolute atomic E-state index is 0.0282. The lowest BCUT2D eigenvalue weighted by Gasteiger charge is -2.13. The molecule has 1 aliphatic heterocycles. The second-order valence-corrected chi connectivity index (χ2v) is 8.76. The Morgan fingerprint density at radius 3 is 2.83 bits per heavy atom. The van der Waals surface area contributed by atoms with Gasteiger partial charge in [-0.25, -0.2) is 14.4 Å². The summed E-state index contributed by atoms with van der Waals surface area (Å²) in [6, 6.07) is 8.14. The quantitative estimate of drug-likeness (QED) is 0.340. The Hall–Kier alpha value is -2.78. The molecule has 1 aliphatic rings. The van der Waals surface area contributed by atoms with Gasteiger partial charge in [0.05, 0.1) is 17.2 Å². The number of amides is 1. The highest BCUT2D eigenvalue weighted by Crippen LogP contribution is 2.42. The number of ketones is 1. The Morgan fingerprint density at radius 1 is 1.30 bits per heavy atom. The molecular weight excluding hydrogens is 425 g/mol. The standard InChI is InChI=1S/C21H18FN3O3S2/c1-12(26)17-3-4-18(30-17)16-9-14(22)7-13-8-15(28-20(13)16)10-25-19(27)11-29-21-23-5-2-6-24-21/h2-7,9,15H,8,10-11H2,1H3,(H,25,27). The molecule has 1 N–H and O–H groups in total. The fourth-order valence-corrected chi connectivity index (χ4v) is 4.68. The van der Waals surface area contributed by atoms with Gasteiger partial charge in [-0.1, -0.05) is 11.8 Å². The summed E-state index contributed by atoms with van der Waals surface area (Å²) < 4.78 is 20.2. The third-order valence-electron chi connectivity index (χ3n) is 4.48. The van der Waals surface area contributed by atoms with E-state index in [0.29, 0.717) is 34.3 Å². The molecule has 1 atom stereocenters. The zero-order valence-corrected chi connectivity index (χ0v) is 17.7. The maximum Gasteiger partial charge on any atom is 0.230 e. The normalized spacial score (nSPS) is 14.8. The number of carbonyl (C=O) groups is 2. The maximum absolute atomic E-state index is 14.2. The average molecular weight is 444 g/mol. The summed E-state index contributed by atoms with van der Waals surface area (Å²) in [7, 11) is 0. The summed E-state index contributed by atoms with van der Waals surface area (Å²) in [6.45, 7) is 1.82. The number of thiophene rings is 1. The number of nitrogens with zero attached hydrogens (tertiary/aromatic N) is 2. The molecule has 1 amide bonds. The molecule has 1 unspecified atom stereocenters. The number of rotatable bonds is 7. The van der Waals surface area contributed by atoms with E-state index in [4.69, 9.17) is 4.74 Å². The number of halogens is 1. The van der Waals surface area contributed by atoms with E-state index in [1.807, 2.05) is 0 Å². The molecule has 2 aromatic heterocycles. The Bertz CT molecular complexity index is 1090. The molecule has 0 saturated carbocycles. The SMILES string of the molecule is CC(=O)c1ccc(-c2cc(F)cc3c2OC(CNC(=O)CSc2ncccn2)C3)s1. The second-order valence-electron chi connectivity index (χ2n) is 6.73. The number of hydrogen-bond donors (Lipinski definition) is 1. The zero-order valence-electron chi connectivity index (χ0n) is 16.1. The highest BCUT2D eigenvalue weighted by atomic mass is 32.2. The van der Waals surface area contributed by atoms with E-state index in [2.05, 4.69) is 15.3 Å². The van der Waals surface area contributed by atoms with E-state index in [1.54, 1.807) is 30.6 Å². The van der Waals surface area contributed by atoms with E-state index in [1.165, 1.54) is 42.2 Å². The van der Waals surface area contributed by atoms with E-state index in [9.17, 15) is 14.0 Å². The Kier molecular flexibility index (Phi) is 6.10. The predicted molar refractivity (Wildman–Crippen MR) is 114 cm³/mol. The number of benzene rings is 1. The van der Waals surface area contributed by atoms with Crippen molar-refractivity contribution in [2.45, 2.75) is 24.6 Å².